The highest BCUT2D eigenvalue weighted by atomic mass is 16.5. The second-order valence-corrected chi connectivity index (χ2v) is 5.16. The van der Waals surface area contributed by atoms with E-state index < -0.39 is 0 Å². The number of carbonyl (C=O) groups is 1. The third-order valence-corrected chi connectivity index (χ3v) is 3.44. The Morgan fingerprint density at radius 3 is 2.71 bits per heavy atom. The number of ether oxygens (including phenoxy) is 1. The maximum absolute atomic E-state index is 11.0. The standard InChI is InChI=1S/C18H14N4O2/c19-9-14-5-7-15(8-6-14)10-22-11-17(20-21-22)13-24-18-4-2-1-3-16(18)12-23/h1-8,11-12H,10,13H2. The Balaban J connectivity index is 1.63. The number of hydrogen-bond acceptors (Lipinski definition) is 5. The van der Waals surface area contributed by atoms with Crippen molar-refractivity contribution in [2.45, 2.75) is 13.2 Å². The molecule has 0 aliphatic carbocycles. The average molecular weight is 318 g/mol. The number of carbonyl (C=O) groups excluding carboxylic acids is 1. The van der Waals surface area contributed by atoms with E-state index in [0.29, 0.717) is 29.1 Å². The van der Waals surface area contributed by atoms with E-state index in [4.69, 9.17) is 10.00 Å². The zero-order valence-electron chi connectivity index (χ0n) is 12.8. The number of hydrogen-bond donors (Lipinski definition) is 0. The fourth-order valence-corrected chi connectivity index (χ4v) is 2.21. The molecule has 0 saturated carbocycles. The summed E-state index contributed by atoms with van der Waals surface area (Å²) >= 11 is 0. The SMILES string of the molecule is N#Cc1ccc(Cn2cc(COc3ccccc3C=O)nn2)cc1. The number of nitrogens with zero attached hydrogens (tertiary/aromatic N) is 4. The molecule has 6 nitrogen and oxygen atoms in total. The van der Waals surface area contributed by atoms with Crippen molar-refractivity contribution in [3.05, 3.63) is 77.1 Å². The van der Waals surface area contributed by atoms with Crippen LogP contribution in [0.1, 0.15) is 27.2 Å². The van der Waals surface area contributed by atoms with Crippen LogP contribution in [-0.4, -0.2) is 21.3 Å². The molecule has 0 aliphatic rings. The first-order valence-corrected chi connectivity index (χ1v) is 7.33. The summed E-state index contributed by atoms with van der Waals surface area (Å²) in [4.78, 5) is 11.0. The van der Waals surface area contributed by atoms with Crippen molar-refractivity contribution in [1.29, 1.82) is 5.26 Å². The molecule has 0 amide bonds. The van der Waals surface area contributed by atoms with Crippen molar-refractivity contribution in [2.75, 3.05) is 0 Å². The Labute approximate surface area is 138 Å². The molecule has 0 saturated heterocycles. The molecule has 0 unspecified atom stereocenters. The predicted molar refractivity (Wildman–Crippen MR) is 86.4 cm³/mol. The maximum atomic E-state index is 11.0. The van der Waals surface area contributed by atoms with E-state index in [2.05, 4.69) is 16.4 Å². The van der Waals surface area contributed by atoms with E-state index in [1.54, 1.807) is 41.2 Å². The maximum Gasteiger partial charge on any atom is 0.153 e. The van der Waals surface area contributed by atoms with Crippen LogP contribution >= 0.6 is 0 Å². The minimum atomic E-state index is 0.234. The van der Waals surface area contributed by atoms with Gasteiger partial charge in [-0.1, -0.05) is 29.5 Å². The quantitative estimate of drug-likeness (QED) is 0.653. The molecular formula is C18H14N4O2. The van der Waals surface area contributed by atoms with Gasteiger partial charge >= 0.3 is 0 Å². The molecule has 1 heterocycles. The second-order valence-electron chi connectivity index (χ2n) is 5.16. The topological polar surface area (TPSA) is 80.8 Å². The molecule has 0 fully saturated rings. The third kappa shape index (κ3) is 3.65. The molecule has 3 rings (SSSR count). The fraction of sp³-hybridized carbons (Fsp3) is 0.111. The number of aromatic nitrogens is 3. The summed E-state index contributed by atoms with van der Waals surface area (Å²) in [7, 11) is 0. The van der Waals surface area contributed by atoms with Crippen LogP contribution in [0.5, 0.6) is 5.75 Å². The third-order valence-electron chi connectivity index (χ3n) is 3.44. The molecule has 118 valence electrons. The molecule has 3 aromatic rings. The highest BCUT2D eigenvalue weighted by Crippen LogP contribution is 2.17. The lowest BCUT2D eigenvalue weighted by molar-refractivity contribution is 0.111. The number of rotatable bonds is 6. The van der Waals surface area contributed by atoms with Gasteiger partial charge in [-0.2, -0.15) is 5.26 Å². The first-order chi connectivity index (χ1) is 11.8. The molecule has 0 bridgehead atoms. The normalized spacial score (nSPS) is 10.1. The van der Waals surface area contributed by atoms with Gasteiger partial charge < -0.3 is 4.74 Å². The Kier molecular flexibility index (Phi) is 4.63. The van der Waals surface area contributed by atoms with Crippen LogP contribution in [-0.2, 0) is 13.2 Å². The number of benzene rings is 2. The Hall–Kier alpha value is -3.46. The molecule has 24 heavy (non-hydrogen) atoms. The lowest BCUT2D eigenvalue weighted by Gasteiger charge is -2.05. The summed E-state index contributed by atoms with van der Waals surface area (Å²) in [6, 6.07) is 16.4. The molecule has 1 aromatic heterocycles. The smallest absolute Gasteiger partial charge is 0.153 e. The van der Waals surface area contributed by atoms with E-state index in [1.165, 1.54) is 0 Å². The first kappa shape index (κ1) is 15.4. The largest absolute Gasteiger partial charge is 0.486 e. The van der Waals surface area contributed by atoms with Gasteiger partial charge in [0.05, 0.1) is 29.9 Å². The Bertz CT molecular complexity index is 879. The monoisotopic (exact) mass is 318 g/mol. The molecule has 0 aliphatic heterocycles. The number of aldehydes is 1. The molecule has 0 spiro atoms. The van der Waals surface area contributed by atoms with Crippen LogP contribution < -0.4 is 4.74 Å². The molecule has 6 heteroatoms. The zero-order valence-corrected chi connectivity index (χ0v) is 12.8. The van der Waals surface area contributed by atoms with Gasteiger partial charge in [0, 0.05) is 0 Å². The van der Waals surface area contributed by atoms with Gasteiger partial charge in [0.15, 0.2) is 6.29 Å². The second kappa shape index (κ2) is 7.20. The zero-order chi connectivity index (χ0) is 16.8. The van der Waals surface area contributed by atoms with E-state index in [1.807, 2.05) is 18.2 Å². The van der Waals surface area contributed by atoms with Gasteiger partial charge in [0.1, 0.15) is 18.1 Å². The average Bonchev–Trinajstić information content (AvgIpc) is 3.08. The van der Waals surface area contributed by atoms with Crippen molar-refractivity contribution in [3.8, 4) is 11.8 Å². The van der Waals surface area contributed by atoms with Gasteiger partial charge in [-0.05, 0) is 29.8 Å². The lowest BCUT2D eigenvalue weighted by Crippen LogP contribution is -2.00. The highest BCUT2D eigenvalue weighted by molar-refractivity contribution is 5.79. The highest BCUT2D eigenvalue weighted by Gasteiger charge is 2.06. The van der Waals surface area contributed by atoms with Crippen LogP contribution in [0.2, 0.25) is 0 Å². The van der Waals surface area contributed by atoms with Crippen molar-refractivity contribution in [1.82, 2.24) is 15.0 Å². The number of nitriles is 1. The van der Waals surface area contributed by atoms with Gasteiger partial charge in [-0.3, -0.25) is 4.79 Å². The van der Waals surface area contributed by atoms with Crippen molar-refractivity contribution in [2.24, 2.45) is 0 Å². The Morgan fingerprint density at radius 2 is 1.96 bits per heavy atom. The minimum absolute atomic E-state index is 0.234. The molecule has 2 aromatic carbocycles. The summed E-state index contributed by atoms with van der Waals surface area (Å²) in [5.74, 6) is 0.522. The Morgan fingerprint density at radius 1 is 1.17 bits per heavy atom. The van der Waals surface area contributed by atoms with Gasteiger partial charge in [0.2, 0.25) is 0 Å². The van der Waals surface area contributed by atoms with Crippen LogP contribution in [0.25, 0.3) is 0 Å². The summed E-state index contributed by atoms with van der Waals surface area (Å²) < 4.78 is 7.32. The summed E-state index contributed by atoms with van der Waals surface area (Å²) in [6.07, 6.45) is 2.55. The number of para-hydroxylation sites is 1. The molecule has 0 N–H and O–H groups in total. The van der Waals surface area contributed by atoms with E-state index in [-0.39, 0.29) is 6.61 Å². The van der Waals surface area contributed by atoms with Gasteiger partial charge in [0.25, 0.3) is 0 Å². The van der Waals surface area contributed by atoms with E-state index >= 15 is 0 Å². The van der Waals surface area contributed by atoms with E-state index in [0.717, 1.165) is 11.8 Å². The van der Waals surface area contributed by atoms with Crippen LogP contribution in [0.3, 0.4) is 0 Å². The van der Waals surface area contributed by atoms with Crippen molar-refractivity contribution >= 4 is 6.29 Å². The first-order valence-electron chi connectivity index (χ1n) is 7.33. The minimum Gasteiger partial charge on any atom is -0.486 e. The fourth-order valence-electron chi connectivity index (χ4n) is 2.21. The van der Waals surface area contributed by atoms with Gasteiger partial charge in [-0.15, -0.1) is 5.10 Å². The molecular weight excluding hydrogens is 304 g/mol. The summed E-state index contributed by atoms with van der Waals surface area (Å²) in [6.45, 7) is 0.794. The predicted octanol–water partition coefficient (Wildman–Crippen LogP) is 2.59. The van der Waals surface area contributed by atoms with Gasteiger partial charge in [-0.25, -0.2) is 4.68 Å². The van der Waals surface area contributed by atoms with E-state index in [9.17, 15) is 4.79 Å². The summed E-state index contributed by atoms with van der Waals surface area (Å²) in [5.41, 5.74) is 2.82. The van der Waals surface area contributed by atoms with Crippen LogP contribution in [0.15, 0.2) is 54.7 Å². The summed E-state index contributed by atoms with van der Waals surface area (Å²) in [5, 5.41) is 16.9. The molecule has 0 atom stereocenters. The van der Waals surface area contributed by atoms with Crippen LogP contribution in [0, 0.1) is 11.3 Å². The van der Waals surface area contributed by atoms with Crippen molar-refractivity contribution < 1.29 is 9.53 Å². The van der Waals surface area contributed by atoms with Crippen LogP contribution in [0.4, 0.5) is 0 Å². The molecule has 0 radical (unpaired) electrons. The van der Waals surface area contributed by atoms with Crippen molar-refractivity contribution in [3.63, 3.8) is 0 Å². The lowest BCUT2D eigenvalue weighted by atomic mass is 10.1.